The molecular weight excluding hydrogens is 314 g/mol. The minimum Gasteiger partial charge on any atom is -0.352 e. The molecule has 1 amide bonds. The predicted octanol–water partition coefficient (Wildman–Crippen LogP) is 4.02. The molecule has 23 heavy (non-hydrogen) atoms. The zero-order chi connectivity index (χ0) is 15.8. The predicted molar refractivity (Wildman–Crippen MR) is 90.8 cm³/mol. The number of nitrogens with one attached hydrogen (secondary N) is 2. The first-order valence-corrected chi connectivity index (χ1v) is 7.36. The van der Waals surface area contributed by atoms with Gasteiger partial charge in [0.1, 0.15) is 0 Å². The molecule has 4 rings (SSSR count). The number of carbonyl (C=O) groups is 1. The number of benzene rings is 1. The van der Waals surface area contributed by atoms with Gasteiger partial charge in [0.05, 0.1) is 28.5 Å². The highest BCUT2D eigenvalue weighted by Crippen LogP contribution is 2.33. The molecule has 0 bridgehead atoms. The van der Waals surface area contributed by atoms with E-state index in [1.165, 1.54) is 6.20 Å². The Labute approximate surface area is 136 Å². The summed E-state index contributed by atoms with van der Waals surface area (Å²) in [5, 5.41) is 5.39. The van der Waals surface area contributed by atoms with Crippen LogP contribution in [0.1, 0.15) is 10.4 Å². The molecule has 112 valence electrons. The van der Waals surface area contributed by atoms with Gasteiger partial charge in [-0.25, -0.2) is 0 Å². The molecule has 4 aromatic rings. The lowest BCUT2D eigenvalue weighted by Gasteiger charge is -2.07. The maximum atomic E-state index is 12.4. The zero-order valence-corrected chi connectivity index (χ0v) is 12.6. The van der Waals surface area contributed by atoms with Crippen LogP contribution in [-0.2, 0) is 0 Å². The minimum atomic E-state index is -0.238. The van der Waals surface area contributed by atoms with Crippen LogP contribution in [-0.4, -0.2) is 20.9 Å². The van der Waals surface area contributed by atoms with Gasteiger partial charge in [-0.2, -0.15) is 0 Å². The molecule has 6 heteroatoms. The van der Waals surface area contributed by atoms with E-state index >= 15 is 0 Å². The monoisotopic (exact) mass is 324 g/mol. The number of aromatic amines is 1. The van der Waals surface area contributed by atoms with Crippen LogP contribution >= 0.6 is 11.6 Å². The van der Waals surface area contributed by atoms with Crippen molar-refractivity contribution in [3.05, 3.63) is 65.7 Å². The van der Waals surface area contributed by atoms with Crippen molar-refractivity contribution < 1.29 is 4.79 Å². The van der Waals surface area contributed by atoms with E-state index in [2.05, 4.69) is 20.3 Å². The van der Waals surface area contributed by atoms with Gasteiger partial charge in [-0.1, -0.05) is 11.6 Å². The quantitative estimate of drug-likeness (QED) is 0.585. The Balaban J connectivity index is 1.85. The topological polar surface area (TPSA) is 70.7 Å². The number of nitrogens with zero attached hydrogens (tertiary/aromatic N) is 2. The zero-order valence-electron chi connectivity index (χ0n) is 11.9. The van der Waals surface area contributed by atoms with Crippen LogP contribution in [0.5, 0.6) is 0 Å². The molecule has 2 N–H and O–H groups in total. The second-order valence-corrected chi connectivity index (χ2v) is 5.55. The molecule has 0 saturated carbocycles. The molecule has 5 nitrogen and oxygen atoms in total. The summed E-state index contributed by atoms with van der Waals surface area (Å²) < 4.78 is 0. The van der Waals surface area contributed by atoms with E-state index in [-0.39, 0.29) is 5.91 Å². The summed E-state index contributed by atoms with van der Waals surface area (Å²) in [6.07, 6.45) is 6.62. The van der Waals surface area contributed by atoms with Gasteiger partial charge in [0.15, 0.2) is 0 Å². The van der Waals surface area contributed by atoms with Crippen LogP contribution in [0.15, 0.2) is 55.1 Å². The summed E-state index contributed by atoms with van der Waals surface area (Å²) in [5.74, 6) is -0.238. The second-order valence-electron chi connectivity index (χ2n) is 5.12. The Hall–Kier alpha value is -2.92. The maximum absolute atomic E-state index is 12.4. The van der Waals surface area contributed by atoms with Crippen molar-refractivity contribution in [3.63, 3.8) is 0 Å². The van der Waals surface area contributed by atoms with Crippen molar-refractivity contribution in [2.24, 2.45) is 0 Å². The molecule has 0 saturated heterocycles. The average Bonchev–Trinajstić information content (AvgIpc) is 2.94. The number of amides is 1. The van der Waals surface area contributed by atoms with Gasteiger partial charge in [-0.3, -0.25) is 14.8 Å². The van der Waals surface area contributed by atoms with Crippen molar-refractivity contribution in [1.82, 2.24) is 15.0 Å². The number of aromatic nitrogens is 3. The van der Waals surface area contributed by atoms with Gasteiger partial charge < -0.3 is 10.3 Å². The summed E-state index contributed by atoms with van der Waals surface area (Å²) >= 11 is 6.22. The molecular formula is C17H11ClN4O. The van der Waals surface area contributed by atoms with Gasteiger partial charge in [-0.05, 0) is 30.3 Å². The van der Waals surface area contributed by atoms with Crippen molar-refractivity contribution >= 4 is 45.0 Å². The van der Waals surface area contributed by atoms with Crippen LogP contribution in [0.3, 0.4) is 0 Å². The van der Waals surface area contributed by atoms with E-state index in [0.717, 1.165) is 21.8 Å². The fourth-order valence-electron chi connectivity index (χ4n) is 2.61. The van der Waals surface area contributed by atoms with E-state index in [4.69, 9.17) is 11.6 Å². The lowest BCUT2D eigenvalue weighted by atomic mass is 10.1. The first-order chi connectivity index (χ1) is 11.2. The number of halogens is 1. The number of rotatable bonds is 2. The van der Waals surface area contributed by atoms with Crippen LogP contribution in [0, 0.1) is 0 Å². The second kappa shape index (κ2) is 5.37. The average molecular weight is 325 g/mol. The third-order valence-corrected chi connectivity index (χ3v) is 3.86. The number of pyridine rings is 2. The number of hydrogen-bond acceptors (Lipinski definition) is 3. The summed E-state index contributed by atoms with van der Waals surface area (Å²) in [5.41, 5.74) is 2.81. The normalized spacial score (nSPS) is 11.0. The van der Waals surface area contributed by atoms with E-state index in [0.29, 0.717) is 16.3 Å². The van der Waals surface area contributed by atoms with Gasteiger partial charge in [0.25, 0.3) is 5.91 Å². The third kappa shape index (κ3) is 2.41. The van der Waals surface area contributed by atoms with Crippen LogP contribution < -0.4 is 5.32 Å². The Morgan fingerprint density at radius 3 is 2.96 bits per heavy atom. The first kappa shape index (κ1) is 13.7. The first-order valence-electron chi connectivity index (χ1n) is 6.99. The maximum Gasteiger partial charge on any atom is 0.257 e. The van der Waals surface area contributed by atoms with Gasteiger partial charge in [0.2, 0.25) is 0 Å². The SMILES string of the molecule is O=C(Nc1cc(Cl)cc2c1[nH]c1[14cH]nccc12)c1cccnc1. The smallest absolute Gasteiger partial charge is 0.257 e. The number of hydrogen-bond donors (Lipinski definition) is 2. The lowest BCUT2D eigenvalue weighted by molar-refractivity contribution is 0.102. The summed E-state index contributed by atoms with van der Waals surface area (Å²) in [7, 11) is 0. The van der Waals surface area contributed by atoms with E-state index in [1.807, 2.05) is 12.1 Å². The van der Waals surface area contributed by atoms with Crippen LogP contribution in [0.4, 0.5) is 5.69 Å². The number of carbonyl (C=O) groups excluding carboxylic acids is 1. The molecule has 0 aliphatic heterocycles. The van der Waals surface area contributed by atoms with E-state index in [9.17, 15) is 4.79 Å². The summed E-state index contributed by atoms with van der Waals surface area (Å²) in [6, 6.07) is 8.93. The van der Waals surface area contributed by atoms with E-state index in [1.54, 1.807) is 36.8 Å². The van der Waals surface area contributed by atoms with Gasteiger partial charge in [0, 0.05) is 34.4 Å². The van der Waals surface area contributed by atoms with Crippen LogP contribution in [0.2, 0.25) is 5.02 Å². The Kier molecular flexibility index (Phi) is 3.20. The Morgan fingerprint density at radius 1 is 1.22 bits per heavy atom. The highest BCUT2D eigenvalue weighted by Gasteiger charge is 2.13. The summed E-state index contributed by atoms with van der Waals surface area (Å²) in [4.78, 5) is 23.7. The van der Waals surface area contributed by atoms with E-state index < -0.39 is 0 Å². The lowest BCUT2D eigenvalue weighted by Crippen LogP contribution is -2.12. The molecule has 3 aromatic heterocycles. The molecule has 0 atom stereocenters. The van der Waals surface area contributed by atoms with Gasteiger partial charge in [-0.15, -0.1) is 0 Å². The minimum absolute atomic E-state index is 0.238. The molecule has 0 unspecified atom stereocenters. The Bertz CT molecular complexity index is 1030. The largest absolute Gasteiger partial charge is 0.352 e. The standard InChI is InChI=1S/C17H11ClN4O/c18-11-6-13-12-3-5-20-9-15(12)21-16(13)14(7-11)22-17(23)10-2-1-4-19-8-10/h1-9,21H,(H,22,23)/i9+2. The molecule has 1 aromatic carbocycles. The molecule has 0 fully saturated rings. The third-order valence-electron chi connectivity index (χ3n) is 3.65. The van der Waals surface area contributed by atoms with Crippen molar-refractivity contribution in [3.8, 4) is 0 Å². The van der Waals surface area contributed by atoms with Crippen molar-refractivity contribution in [1.29, 1.82) is 0 Å². The molecule has 3 heterocycles. The number of fused-ring (bicyclic) bond motifs is 3. The molecule has 0 spiro atoms. The van der Waals surface area contributed by atoms with Crippen LogP contribution in [0.25, 0.3) is 21.8 Å². The van der Waals surface area contributed by atoms with Crippen molar-refractivity contribution in [2.75, 3.05) is 5.32 Å². The molecule has 0 aliphatic rings. The molecule has 0 radical (unpaired) electrons. The Morgan fingerprint density at radius 2 is 2.13 bits per heavy atom. The van der Waals surface area contributed by atoms with Crippen molar-refractivity contribution in [2.45, 2.75) is 0 Å². The molecule has 0 aliphatic carbocycles. The summed E-state index contributed by atoms with van der Waals surface area (Å²) in [6.45, 7) is 0. The highest BCUT2D eigenvalue weighted by atomic mass is 35.5. The fraction of sp³-hybridized carbons (Fsp3) is 0. The number of H-pyrrole nitrogens is 1. The number of anilines is 1. The highest BCUT2D eigenvalue weighted by molar-refractivity contribution is 6.33. The fourth-order valence-corrected chi connectivity index (χ4v) is 2.83. The van der Waals surface area contributed by atoms with Gasteiger partial charge >= 0.3 is 0 Å².